The lowest BCUT2D eigenvalue weighted by atomic mass is 9.79. The number of hydrogen-bond donors (Lipinski definition) is 0. The maximum Gasteiger partial charge on any atom is 0.306 e. The van der Waals surface area contributed by atoms with E-state index < -0.39 is 0 Å². The summed E-state index contributed by atoms with van der Waals surface area (Å²) in [6.45, 7) is 5.68. The van der Waals surface area contributed by atoms with Crippen LogP contribution in [0.3, 0.4) is 0 Å². The van der Waals surface area contributed by atoms with Gasteiger partial charge in [-0.2, -0.15) is 0 Å². The third-order valence-corrected chi connectivity index (χ3v) is 3.27. The predicted molar refractivity (Wildman–Crippen MR) is 66.6 cm³/mol. The van der Waals surface area contributed by atoms with E-state index in [-0.39, 0.29) is 11.6 Å². The van der Waals surface area contributed by atoms with Crippen LogP contribution in [0.1, 0.15) is 59.3 Å². The van der Waals surface area contributed by atoms with E-state index >= 15 is 0 Å². The van der Waals surface area contributed by atoms with E-state index in [1.54, 1.807) is 0 Å². The van der Waals surface area contributed by atoms with E-state index in [4.69, 9.17) is 4.74 Å². The van der Waals surface area contributed by atoms with Gasteiger partial charge in [0.1, 0.15) is 11.9 Å². The standard InChI is InChI=1S/C14H24O3/c1-14(2,3)17-13(16)10-12-6-4-11(5-7-12)8-9-15/h9,11-12H,4-8,10H2,1-3H3. The van der Waals surface area contributed by atoms with Crippen molar-refractivity contribution in [3.63, 3.8) is 0 Å². The summed E-state index contributed by atoms with van der Waals surface area (Å²) in [4.78, 5) is 22.1. The van der Waals surface area contributed by atoms with Gasteiger partial charge in [0.25, 0.3) is 0 Å². The Balaban J connectivity index is 2.26. The molecule has 98 valence electrons. The fourth-order valence-electron chi connectivity index (χ4n) is 2.43. The molecule has 0 aromatic rings. The molecule has 1 rings (SSSR count). The van der Waals surface area contributed by atoms with Crippen molar-refractivity contribution in [2.24, 2.45) is 11.8 Å². The molecule has 17 heavy (non-hydrogen) atoms. The van der Waals surface area contributed by atoms with E-state index in [0.717, 1.165) is 32.0 Å². The molecule has 1 aliphatic rings. The molecule has 0 atom stereocenters. The first-order valence-electron chi connectivity index (χ1n) is 6.56. The maximum atomic E-state index is 11.7. The molecular formula is C14H24O3. The van der Waals surface area contributed by atoms with E-state index in [1.165, 1.54) is 0 Å². The van der Waals surface area contributed by atoms with Crippen LogP contribution < -0.4 is 0 Å². The van der Waals surface area contributed by atoms with Crippen molar-refractivity contribution in [2.75, 3.05) is 0 Å². The lowest BCUT2D eigenvalue weighted by molar-refractivity contribution is -0.156. The second-order valence-electron chi connectivity index (χ2n) is 6.08. The predicted octanol–water partition coefficient (Wildman–Crippen LogP) is 3.11. The lowest BCUT2D eigenvalue weighted by Crippen LogP contribution is -2.26. The van der Waals surface area contributed by atoms with Gasteiger partial charge in [-0.05, 0) is 58.3 Å². The van der Waals surface area contributed by atoms with Gasteiger partial charge in [-0.25, -0.2) is 0 Å². The number of ether oxygens (including phenoxy) is 1. The van der Waals surface area contributed by atoms with Gasteiger partial charge in [0, 0.05) is 12.8 Å². The summed E-state index contributed by atoms with van der Waals surface area (Å²) in [5.41, 5.74) is -0.383. The van der Waals surface area contributed by atoms with Crippen molar-refractivity contribution in [3.8, 4) is 0 Å². The van der Waals surface area contributed by atoms with Crippen LogP contribution in [0.25, 0.3) is 0 Å². The number of hydrogen-bond acceptors (Lipinski definition) is 3. The molecule has 0 unspecified atom stereocenters. The Morgan fingerprint density at radius 1 is 1.18 bits per heavy atom. The highest BCUT2D eigenvalue weighted by Crippen LogP contribution is 2.32. The lowest BCUT2D eigenvalue weighted by Gasteiger charge is -2.28. The summed E-state index contributed by atoms with van der Waals surface area (Å²) < 4.78 is 5.32. The molecule has 0 N–H and O–H groups in total. The van der Waals surface area contributed by atoms with Crippen LogP contribution in [0.2, 0.25) is 0 Å². The number of esters is 1. The minimum Gasteiger partial charge on any atom is -0.460 e. The van der Waals surface area contributed by atoms with Crippen LogP contribution in [-0.4, -0.2) is 17.9 Å². The van der Waals surface area contributed by atoms with Crippen molar-refractivity contribution >= 4 is 12.3 Å². The third-order valence-electron chi connectivity index (χ3n) is 3.27. The zero-order valence-electron chi connectivity index (χ0n) is 11.2. The van der Waals surface area contributed by atoms with Crippen LogP contribution in [-0.2, 0) is 14.3 Å². The average Bonchev–Trinajstić information content (AvgIpc) is 2.18. The highest BCUT2D eigenvalue weighted by atomic mass is 16.6. The molecule has 0 aromatic carbocycles. The number of carbonyl (C=O) groups excluding carboxylic acids is 2. The summed E-state index contributed by atoms with van der Waals surface area (Å²) in [5, 5.41) is 0. The molecule has 3 heteroatoms. The van der Waals surface area contributed by atoms with Gasteiger partial charge in [-0.15, -0.1) is 0 Å². The van der Waals surface area contributed by atoms with E-state index in [2.05, 4.69) is 0 Å². The Kier molecular flexibility index (Phi) is 5.16. The maximum absolute atomic E-state index is 11.7. The van der Waals surface area contributed by atoms with Crippen molar-refractivity contribution in [3.05, 3.63) is 0 Å². The van der Waals surface area contributed by atoms with Crippen LogP contribution >= 0.6 is 0 Å². The highest BCUT2D eigenvalue weighted by Gasteiger charge is 2.25. The molecule has 0 saturated heterocycles. The Hall–Kier alpha value is -0.860. The van der Waals surface area contributed by atoms with E-state index in [9.17, 15) is 9.59 Å². The summed E-state index contributed by atoms with van der Waals surface area (Å²) in [5.74, 6) is 0.909. The second-order valence-corrected chi connectivity index (χ2v) is 6.08. The molecule has 0 aliphatic heterocycles. The minimum atomic E-state index is -0.383. The fraction of sp³-hybridized carbons (Fsp3) is 0.857. The number of aldehydes is 1. The molecule has 3 nitrogen and oxygen atoms in total. The summed E-state index contributed by atoms with van der Waals surface area (Å²) >= 11 is 0. The first kappa shape index (κ1) is 14.2. The molecule has 1 aliphatic carbocycles. The van der Waals surface area contributed by atoms with Crippen LogP contribution in [0.4, 0.5) is 0 Å². The molecule has 0 aromatic heterocycles. The van der Waals surface area contributed by atoms with Crippen LogP contribution in [0, 0.1) is 11.8 Å². The molecule has 0 bridgehead atoms. The molecule has 1 saturated carbocycles. The van der Waals surface area contributed by atoms with Crippen molar-refractivity contribution in [1.82, 2.24) is 0 Å². The minimum absolute atomic E-state index is 0.0867. The van der Waals surface area contributed by atoms with Gasteiger partial charge >= 0.3 is 5.97 Å². The summed E-state index contributed by atoms with van der Waals surface area (Å²) in [6.07, 6.45) is 6.48. The van der Waals surface area contributed by atoms with E-state index in [0.29, 0.717) is 24.7 Å². The second kappa shape index (κ2) is 6.18. The van der Waals surface area contributed by atoms with Crippen molar-refractivity contribution in [2.45, 2.75) is 64.9 Å². The van der Waals surface area contributed by atoms with Crippen molar-refractivity contribution < 1.29 is 14.3 Å². The first-order valence-corrected chi connectivity index (χ1v) is 6.56. The fourth-order valence-corrected chi connectivity index (χ4v) is 2.43. The zero-order chi connectivity index (χ0) is 12.9. The smallest absolute Gasteiger partial charge is 0.306 e. The van der Waals surface area contributed by atoms with Crippen LogP contribution in [0.5, 0.6) is 0 Å². The monoisotopic (exact) mass is 240 g/mol. The van der Waals surface area contributed by atoms with E-state index in [1.807, 2.05) is 20.8 Å². The molecular weight excluding hydrogens is 216 g/mol. The first-order chi connectivity index (χ1) is 7.90. The largest absolute Gasteiger partial charge is 0.460 e. The van der Waals surface area contributed by atoms with Gasteiger partial charge in [0.15, 0.2) is 0 Å². The summed E-state index contributed by atoms with van der Waals surface area (Å²) in [6, 6.07) is 0. The molecule has 1 fully saturated rings. The Morgan fingerprint density at radius 2 is 1.71 bits per heavy atom. The van der Waals surface area contributed by atoms with Gasteiger partial charge in [-0.1, -0.05) is 0 Å². The highest BCUT2D eigenvalue weighted by molar-refractivity contribution is 5.70. The number of rotatable bonds is 4. The molecule has 0 radical (unpaired) electrons. The Morgan fingerprint density at radius 3 is 2.18 bits per heavy atom. The summed E-state index contributed by atoms with van der Waals surface area (Å²) in [7, 11) is 0. The van der Waals surface area contributed by atoms with Gasteiger partial charge < -0.3 is 9.53 Å². The van der Waals surface area contributed by atoms with Crippen molar-refractivity contribution in [1.29, 1.82) is 0 Å². The normalized spacial score (nSPS) is 25.4. The van der Waals surface area contributed by atoms with Crippen LogP contribution in [0.15, 0.2) is 0 Å². The quantitative estimate of drug-likeness (QED) is 0.560. The molecule has 0 heterocycles. The molecule has 0 amide bonds. The average molecular weight is 240 g/mol. The SMILES string of the molecule is CC(C)(C)OC(=O)CC1CCC(CC=O)CC1. The Labute approximate surface area is 104 Å². The third kappa shape index (κ3) is 5.85. The topological polar surface area (TPSA) is 43.4 Å². The van der Waals surface area contributed by atoms with Gasteiger partial charge in [0.05, 0.1) is 0 Å². The zero-order valence-corrected chi connectivity index (χ0v) is 11.2. The van der Waals surface area contributed by atoms with Gasteiger partial charge in [-0.3, -0.25) is 4.79 Å². The van der Waals surface area contributed by atoms with Gasteiger partial charge in [0.2, 0.25) is 0 Å². The molecule has 0 spiro atoms. The number of carbonyl (C=O) groups is 2. The Bertz CT molecular complexity index is 257.